The van der Waals surface area contributed by atoms with E-state index in [0.29, 0.717) is 0 Å². The number of anilines is 3. The van der Waals surface area contributed by atoms with E-state index in [9.17, 15) is 0 Å². The minimum atomic E-state index is -0.537. The Bertz CT molecular complexity index is 3860. The predicted octanol–water partition coefficient (Wildman–Crippen LogP) is 18.5. The molecule has 0 unspecified atom stereocenters. The Labute approximate surface area is 406 Å². The van der Waals surface area contributed by atoms with E-state index < -0.39 is 5.41 Å². The Balaban J connectivity index is 1.07. The van der Waals surface area contributed by atoms with Crippen LogP contribution in [-0.4, -0.2) is 0 Å². The van der Waals surface area contributed by atoms with E-state index >= 15 is 0 Å². The molecule has 2 aliphatic rings. The summed E-state index contributed by atoms with van der Waals surface area (Å²) in [5, 5.41) is 2.54. The molecule has 0 N–H and O–H groups in total. The molecule has 0 fully saturated rings. The van der Waals surface area contributed by atoms with Gasteiger partial charge in [0.25, 0.3) is 0 Å². The lowest BCUT2D eigenvalue weighted by atomic mass is 9.70. The predicted molar refractivity (Wildman–Crippen MR) is 292 cm³/mol. The van der Waals surface area contributed by atoms with Crippen molar-refractivity contribution in [2.75, 3.05) is 4.90 Å². The van der Waals surface area contributed by atoms with Gasteiger partial charge in [0.05, 0.1) is 11.1 Å². The van der Waals surface area contributed by atoms with Crippen molar-refractivity contribution in [1.82, 2.24) is 0 Å². The van der Waals surface area contributed by atoms with Crippen molar-refractivity contribution in [2.45, 2.75) is 5.41 Å². The first kappa shape index (κ1) is 39.6. The molecule has 1 spiro atoms. The fourth-order valence-electron chi connectivity index (χ4n) is 11.6. The van der Waals surface area contributed by atoms with Crippen LogP contribution in [0.5, 0.6) is 0 Å². The molecule has 2 heteroatoms. The molecule has 0 bridgehead atoms. The van der Waals surface area contributed by atoms with Crippen LogP contribution < -0.4 is 4.90 Å². The van der Waals surface area contributed by atoms with Crippen LogP contribution in [0.3, 0.4) is 0 Å². The zero-order chi connectivity index (χ0) is 45.5. The first-order valence-electron chi connectivity index (χ1n) is 23.8. The minimum absolute atomic E-state index is 0.537. The third-order valence-corrected chi connectivity index (χ3v) is 15.8. The smallest absolute Gasteiger partial charge is 0.0726 e. The molecule has 0 radical (unpaired) electrons. The molecule has 69 heavy (non-hydrogen) atoms. The zero-order valence-corrected chi connectivity index (χ0v) is 38.5. The molecule has 12 aromatic rings. The van der Waals surface area contributed by atoms with E-state index in [1.165, 1.54) is 115 Å². The van der Waals surface area contributed by atoms with Crippen LogP contribution in [0.15, 0.2) is 261 Å². The Morgan fingerprint density at radius 1 is 0.290 bits per heavy atom. The maximum atomic E-state index is 2.57. The molecule has 1 nitrogen and oxygen atoms in total. The maximum Gasteiger partial charge on any atom is 0.0726 e. The summed E-state index contributed by atoms with van der Waals surface area (Å²) < 4.78 is 2.56. The molecular weight excluding hydrogens is 851 g/mol. The SMILES string of the molecule is c1ccc(-c2ccc(-c3ccc(N(c4ccc(-c5ccccc5)cc4)c4c5c(cc6sc7ccccc7c46)C4(c6ccccc6-c6ccccc64)c4ccc(-c6ccccc6)cc4-5)cc3)cc2)cc1. The van der Waals surface area contributed by atoms with Crippen molar-refractivity contribution in [2.24, 2.45) is 0 Å². The summed E-state index contributed by atoms with van der Waals surface area (Å²) in [6.07, 6.45) is 0. The summed E-state index contributed by atoms with van der Waals surface area (Å²) >= 11 is 1.91. The van der Waals surface area contributed by atoms with E-state index in [2.05, 4.69) is 266 Å². The van der Waals surface area contributed by atoms with Gasteiger partial charge in [0.2, 0.25) is 0 Å². The van der Waals surface area contributed by atoms with E-state index in [-0.39, 0.29) is 0 Å². The lowest BCUT2D eigenvalue weighted by molar-refractivity contribution is 0.795. The van der Waals surface area contributed by atoms with Crippen LogP contribution in [0.25, 0.3) is 86.9 Å². The van der Waals surface area contributed by atoms with Gasteiger partial charge in [0.1, 0.15) is 0 Å². The largest absolute Gasteiger partial charge is 0.309 e. The zero-order valence-electron chi connectivity index (χ0n) is 37.7. The molecule has 0 saturated carbocycles. The Kier molecular flexibility index (Phi) is 9.05. The van der Waals surface area contributed by atoms with E-state index in [1.54, 1.807) is 0 Å². The molecule has 2 aliphatic carbocycles. The average molecular weight is 894 g/mol. The van der Waals surface area contributed by atoms with Crippen LogP contribution in [-0.2, 0) is 5.41 Å². The quantitative estimate of drug-likeness (QED) is 0.154. The van der Waals surface area contributed by atoms with Gasteiger partial charge in [0, 0.05) is 37.1 Å². The third kappa shape index (κ3) is 6.09. The number of fused-ring (bicyclic) bond motifs is 13. The van der Waals surface area contributed by atoms with E-state index in [1.807, 2.05) is 11.3 Å². The third-order valence-electron chi connectivity index (χ3n) is 14.7. The second-order valence-electron chi connectivity index (χ2n) is 18.3. The molecular formula is C67H43NS. The van der Waals surface area contributed by atoms with Gasteiger partial charge in [-0.25, -0.2) is 0 Å². The number of thiophene rings is 1. The van der Waals surface area contributed by atoms with Gasteiger partial charge in [-0.2, -0.15) is 0 Å². The molecule has 1 heterocycles. The molecule has 0 aliphatic heterocycles. The number of benzene rings is 11. The lowest BCUT2D eigenvalue weighted by Crippen LogP contribution is -2.26. The summed E-state index contributed by atoms with van der Waals surface area (Å²) in [6.45, 7) is 0. The monoisotopic (exact) mass is 893 g/mol. The molecule has 14 rings (SSSR count). The second-order valence-corrected chi connectivity index (χ2v) is 19.4. The molecule has 0 saturated heterocycles. The fourth-order valence-corrected chi connectivity index (χ4v) is 12.8. The van der Waals surface area contributed by atoms with Gasteiger partial charge in [-0.3, -0.25) is 0 Å². The lowest BCUT2D eigenvalue weighted by Gasteiger charge is -2.32. The summed E-state index contributed by atoms with van der Waals surface area (Å²) in [6, 6.07) is 96.9. The molecule has 1 aromatic heterocycles. The Hall–Kier alpha value is -8.56. The highest BCUT2D eigenvalue weighted by atomic mass is 32.1. The van der Waals surface area contributed by atoms with Crippen molar-refractivity contribution in [3.05, 3.63) is 283 Å². The van der Waals surface area contributed by atoms with Crippen LogP contribution in [0.1, 0.15) is 22.3 Å². The van der Waals surface area contributed by atoms with Crippen LogP contribution in [0.2, 0.25) is 0 Å². The van der Waals surface area contributed by atoms with Crippen LogP contribution in [0.4, 0.5) is 17.1 Å². The van der Waals surface area contributed by atoms with Crippen molar-refractivity contribution >= 4 is 48.6 Å². The molecule has 11 aromatic carbocycles. The number of nitrogens with zero attached hydrogens (tertiary/aromatic N) is 1. The topological polar surface area (TPSA) is 3.24 Å². The molecule has 322 valence electrons. The summed E-state index contributed by atoms with van der Waals surface area (Å²) in [5.74, 6) is 0. The Morgan fingerprint density at radius 2 is 0.696 bits per heavy atom. The average Bonchev–Trinajstić information content (AvgIpc) is 4.06. The first-order valence-corrected chi connectivity index (χ1v) is 24.6. The summed E-state index contributed by atoms with van der Waals surface area (Å²) in [5.41, 5.74) is 23.0. The highest BCUT2D eigenvalue weighted by Crippen LogP contribution is 2.67. The number of hydrogen-bond donors (Lipinski definition) is 0. The van der Waals surface area contributed by atoms with Gasteiger partial charge >= 0.3 is 0 Å². The normalized spacial score (nSPS) is 12.8. The molecule has 0 amide bonds. The highest BCUT2D eigenvalue weighted by Gasteiger charge is 2.53. The van der Waals surface area contributed by atoms with Gasteiger partial charge in [-0.15, -0.1) is 11.3 Å². The summed E-state index contributed by atoms with van der Waals surface area (Å²) in [4.78, 5) is 2.57. The Morgan fingerprint density at radius 3 is 1.23 bits per heavy atom. The maximum absolute atomic E-state index is 2.57. The number of hydrogen-bond acceptors (Lipinski definition) is 2. The van der Waals surface area contributed by atoms with Crippen molar-refractivity contribution in [3.63, 3.8) is 0 Å². The van der Waals surface area contributed by atoms with Crippen LogP contribution >= 0.6 is 11.3 Å². The second kappa shape index (κ2) is 15.8. The number of rotatable bonds is 7. The first-order chi connectivity index (χ1) is 34.2. The van der Waals surface area contributed by atoms with E-state index in [0.717, 1.165) is 11.4 Å². The summed E-state index contributed by atoms with van der Waals surface area (Å²) in [7, 11) is 0. The fraction of sp³-hybridized carbons (Fsp3) is 0.0149. The van der Waals surface area contributed by atoms with E-state index in [4.69, 9.17) is 0 Å². The van der Waals surface area contributed by atoms with Gasteiger partial charge in [-0.05, 0) is 126 Å². The van der Waals surface area contributed by atoms with Gasteiger partial charge < -0.3 is 4.90 Å². The van der Waals surface area contributed by atoms with Crippen molar-refractivity contribution in [3.8, 4) is 66.8 Å². The highest BCUT2D eigenvalue weighted by molar-refractivity contribution is 7.26. The minimum Gasteiger partial charge on any atom is -0.309 e. The van der Waals surface area contributed by atoms with Crippen molar-refractivity contribution < 1.29 is 0 Å². The van der Waals surface area contributed by atoms with Gasteiger partial charge in [0.15, 0.2) is 0 Å². The molecule has 0 atom stereocenters. The standard InChI is InChI=1S/C67H43NS/c1-4-16-44(17-5-1)47-28-30-48(31-29-47)50-34-39-53(40-35-50)68(52-37-32-49(33-38-52)45-18-6-2-7-19-45)66-64-57-42-51(46-20-8-3-9-21-46)36-41-60(57)67(58-25-13-10-22-54(58)55-23-11-14-26-59(55)67)61(64)43-63-65(66)56-24-12-15-27-62(56)69-63/h1-43H. The van der Waals surface area contributed by atoms with Crippen LogP contribution in [0, 0.1) is 0 Å². The van der Waals surface area contributed by atoms with Crippen molar-refractivity contribution in [1.29, 1.82) is 0 Å². The van der Waals surface area contributed by atoms with Gasteiger partial charge in [-0.1, -0.05) is 218 Å².